The van der Waals surface area contributed by atoms with Crippen molar-refractivity contribution >= 4 is 16.8 Å². The maximum Gasteiger partial charge on any atom is 0.223 e. The minimum absolute atomic E-state index is 0.0146. The summed E-state index contributed by atoms with van der Waals surface area (Å²) in [7, 11) is 1.57. The molecule has 1 aromatic heterocycles. The highest BCUT2D eigenvalue weighted by Gasteiger charge is 2.16. The summed E-state index contributed by atoms with van der Waals surface area (Å²) < 4.78 is 19.2. The summed E-state index contributed by atoms with van der Waals surface area (Å²) >= 11 is 0. The van der Waals surface area contributed by atoms with Crippen molar-refractivity contribution in [2.75, 3.05) is 7.11 Å². The van der Waals surface area contributed by atoms with E-state index in [1.807, 2.05) is 12.1 Å². The van der Waals surface area contributed by atoms with E-state index in [2.05, 4.69) is 4.98 Å². The van der Waals surface area contributed by atoms with E-state index in [0.717, 1.165) is 5.56 Å². The largest absolute Gasteiger partial charge is 0.497 e. The third-order valence-electron chi connectivity index (χ3n) is 4.06. The average molecular weight is 340 g/mol. The number of amides is 1. The fourth-order valence-corrected chi connectivity index (χ4v) is 2.84. The van der Waals surface area contributed by atoms with Gasteiger partial charge in [-0.05, 0) is 29.8 Å². The van der Waals surface area contributed by atoms with E-state index < -0.39 is 17.2 Å². The van der Waals surface area contributed by atoms with Gasteiger partial charge >= 0.3 is 0 Å². The molecule has 6 heteroatoms. The summed E-state index contributed by atoms with van der Waals surface area (Å²) in [6.07, 6.45) is 0.138. The fourth-order valence-electron chi connectivity index (χ4n) is 2.84. The van der Waals surface area contributed by atoms with Crippen LogP contribution >= 0.6 is 0 Å². The number of fused-ring (bicyclic) bond motifs is 1. The molecule has 0 atom stereocenters. The predicted octanol–water partition coefficient (Wildman–Crippen LogP) is 2.29. The van der Waals surface area contributed by atoms with Crippen molar-refractivity contribution in [1.29, 1.82) is 0 Å². The Kier molecular flexibility index (Phi) is 4.52. The number of nitrogens with two attached hydrogens (primary N) is 1. The second-order valence-electron chi connectivity index (χ2n) is 5.74. The van der Waals surface area contributed by atoms with Crippen LogP contribution in [0, 0.1) is 5.82 Å². The van der Waals surface area contributed by atoms with Crippen LogP contribution in [0.4, 0.5) is 4.39 Å². The lowest BCUT2D eigenvalue weighted by Gasteiger charge is -2.11. The van der Waals surface area contributed by atoms with Crippen LogP contribution in [0.2, 0.25) is 0 Å². The monoisotopic (exact) mass is 340 g/mol. The Morgan fingerprint density at radius 3 is 2.56 bits per heavy atom. The van der Waals surface area contributed by atoms with Crippen molar-refractivity contribution in [1.82, 2.24) is 4.98 Å². The van der Waals surface area contributed by atoms with E-state index in [9.17, 15) is 14.0 Å². The molecule has 1 heterocycles. The summed E-state index contributed by atoms with van der Waals surface area (Å²) in [5.74, 6) is -0.470. The number of benzene rings is 2. The normalized spacial score (nSPS) is 10.8. The SMILES string of the molecule is COc1ccc(Cc2c(CC(N)=O)[nH]c3cccc(F)c3c2=O)cc1. The number of hydrogen-bond acceptors (Lipinski definition) is 3. The van der Waals surface area contributed by atoms with E-state index in [4.69, 9.17) is 10.5 Å². The van der Waals surface area contributed by atoms with E-state index >= 15 is 0 Å². The molecule has 5 nitrogen and oxygen atoms in total. The van der Waals surface area contributed by atoms with Gasteiger partial charge in [0.1, 0.15) is 11.6 Å². The number of rotatable bonds is 5. The van der Waals surface area contributed by atoms with Crippen LogP contribution in [-0.2, 0) is 17.6 Å². The van der Waals surface area contributed by atoms with Gasteiger partial charge in [0.25, 0.3) is 0 Å². The number of hydrogen-bond donors (Lipinski definition) is 2. The first-order valence-corrected chi connectivity index (χ1v) is 7.73. The fraction of sp³-hybridized carbons (Fsp3) is 0.158. The lowest BCUT2D eigenvalue weighted by atomic mass is 9.99. The molecule has 128 valence electrons. The van der Waals surface area contributed by atoms with Crippen LogP contribution in [0.25, 0.3) is 10.9 Å². The Labute approximate surface area is 143 Å². The number of aromatic nitrogens is 1. The van der Waals surface area contributed by atoms with Crippen LogP contribution in [0.15, 0.2) is 47.3 Å². The second-order valence-corrected chi connectivity index (χ2v) is 5.74. The van der Waals surface area contributed by atoms with Crippen LogP contribution in [-0.4, -0.2) is 18.0 Å². The lowest BCUT2D eigenvalue weighted by molar-refractivity contribution is -0.117. The average Bonchev–Trinajstić information content (AvgIpc) is 2.58. The van der Waals surface area contributed by atoms with Crippen molar-refractivity contribution in [2.45, 2.75) is 12.8 Å². The first-order valence-electron chi connectivity index (χ1n) is 7.73. The first-order chi connectivity index (χ1) is 12.0. The topological polar surface area (TPSA) is 85.2 Å². The number of carbonyl (C=O) groups is 1. The molecule has 0 aliphatic carbocycles. The Balaban J connectivity index is 2.15. The van der Waals surface area contributed by atoms with Crippen LogP contribution < -0.4 is 15.9 Å². The van der Waals surface area contributed by atoms with Gasteiger partial charge in [-0.3, -0.25) is 9.59 Å². The summed E-state index contributed by atoms with van der Waals surface area (Å²) in [6, 6.07) is 11.5. The lowest BCUT2D eigenvalue weighted by Crippen LogP contribution is -2.22. The molecular weight excluding hydrogens is 323 g/mol. The zero-order valence-electron chi connectivity index (χ0n) is 13.6. The Bertz CT molecular complexity index is 994. The number of aromatic amines is 1. The molecule has 0 spiro atoms. The third-order valence-corrected chi connectivity index (χ3v) is 4.06. The van der Waals surface area contributed by atoms with Gasteiger partial charge in [0, 0.05) is 17.7 Å². The van der Waals surface area contributed by atoms with Gasteiger partial charge in [-0.15, -0.1) is 0 Å². The molecule has 0 bridgehead atoms. The quantitative estimate of drug-likeness (QED) is 0.747. The van der Waals surface area contributed by atoms with Gasteiger partial charge in [-0.1, -0.05) is 18.2 Å². The second kappa shape index (κ2) is 6.76. The molecule has 3 N–H and O–H groups in total. The number of H-pyrrole nitrogens is 1. The van der Waals surface area contributed by atoms with Crippen molar-refractivity contribution in [3.05, 3.63) is 75.3 Å². The molecule has 25 heavy (non-hydrogen) atoms. The zero-order chi connectivity index (χ0) is 18.0. The molecule has 0 unspecified atom stereocenters. The Morgan fingerprint density at radius 2 is 1.92 bits per heavy atom. The van der Waals surface area contributed by atoms with Gasteiger partial charge in [0.05, 0.1) is 24.4 Å². The van der Waals surface area contributed by atoms with E-state index in [1.54, 1.807) is 25.3 Å². The van der Waals surface area contributed by atoms with Crippen molar-refractivity contribution in [3.63, 3.8) is 0 Å². The summed E-state index contributed by atoms with van der Waals surface area (Å²) in [4.78, 5) is 27.2. The van der Waals surface area contributed by atoms with Gasteiger partial charge in [0.2, 0.25) is 5.91 Å². The smallest absolute Gasteiger partial charge is 0.223 e. The predicted molar refractivity (Wildman–Crippen MR) is 93.2 cm³/mol. The molecule has 2 aromatic carbocycles. The van der Waals surface area contributed by atoms with E-state index in [0.29, 0.717) is 22.5 Å². The molecule has 3 aromatic rings. The highest BCUT2D eigenvalue weighted by Crippen LogP contribution is 2.19. The molecule has 0 fully saturated rings. The molecule has 0 radical (unpaired) electrons. The molecular formula is C19H17FN2O3. The third kappa shape index (κ3) is 3.38. The molecule has 0 saturated heterocycles. The number of nitrogens with one attached hydrogen (secondary N) is 1. The number of primary amides is 1. The minimum atomic E-state index is -0.597. The number of ether oxygens (including phenoxy) is 1. The number of halogens is 1. The van der Waals surface area contributed by atoms with Gasteiger partial charge < -0.3 is 15.5 Å². The van der Waals surface area contributed by atoms with Gasteiger partial charge in [0.15, 0.2) is 5.43 Å². The number of methoxy groups -OCH3 is 1. The molecule has 1 amide bonds. The highest BCUT2D eigenvalue weighted by atomic mass is 19.1. The summed E-state index contributed by atoms with van der Waals surface area (Å²) in [5.41, 5.74) is 6.80. The highest BCUT2D eigenvalue weighted by molar-refractivity contribution is 5.82. The van der Waals surface area contributed by atoms with E-state index in [-0.39, 0.29) is 18.2 Å². The molecule has 0 saturated carbocycles. The summed E-state index contributed by atoms with van der Waals surface area (Å²) in [6.45, 7) is 0. The van der Waals surface area contributed by atoms with Crippen LogP contribution in [0.3, 0.4) is 0 Å². The van der Waals surface area contributed by atoms with Crippen LogP contribution in [0.1, 0.15) is 16.8 Å². The standard InChI is InChI=1S/C19H17FN2O3/c1-25-12-7-5-11(6-8-12)9-13-16(10-17(21)23)22-15-4-2-3-14(20)18(15)19(13)24/h2-8H,9-10H2,1H3,(H2,21,23)(H,22,24). The number of carbonyl (C=O) groups excluding carboxylic acids is 1. The first kappa shape index (κ1) is 16.7. The molecule has 0 aliphatic rings. The van der Waals surface area contributed by atoms with E-state index in [1.165, 1.54) is 12.1 Å². The summed E-state index contributed by atoms with van der Waals surface area (Å²) in [5, 5.41) is -0.0146. The molecule has 3 rings (SSSR count). The van der Waals surface area contributed by atoms with Gasteiger partial charge in [-0.25, -0.2) is 4.39 Å². The zero-order valence-corrected chi connectivity index (χ0v) is 13.6. The molecule has 0 aliphatic heterocycles. The van der Waals surface area contributed by atoms with Crippen LogP contribution in [0.5, 0.6) is 5.75 Å². The van der Waals surface area contributed by atoms with Crippen molar-refractivity contribution in [2.24, 2.45) is 5.73 Å². The Morgan fingerprint density at radius 1 is 1.20 bits per heavy atom. The van der Waals surface area contributed by atoms with Crippen molar-refractivity contribution in [3.8, 4) is 5.75 Å². The minimum Gasteiger partial charge on any atom is -0.497 e. The maximum absolute atomic E-state index is 14.1. The number of pyridine rings is 1. The van der Waals surface area contributed by atoms with Gasteiger partial charge in [-0.2, -0.15) is 0 Å². The van der Waals surface area contributed by atoms with Crippen molar-refractivity contribution < 1.29 is 13.9 Å². The maximum atomic E-state index is 14.1. The Hall–Kier alpha value is -3.15.